The lowest BCUT2D eigenvalue weighted by molar-refractivity contribution is 0.0995. The Labute approximate surface area is 161 Å². The molecule has 27 heavy (non-hydrogen) atoms. The van der Waals surface area contributed by atoms with Gasteiger partial charge >= 0.3 is 0 Å². The Kier molecular flexibility index (Phi) is 5.29. The van der Waals surface area contributed by atoms with Gasteiger partial charge in [0.1, 0.15) is 5.75 Å². The van der Waals surface area contributed by atoms with Gasteiger partial charge in [0.2, 0.25) is 0 Å². The molecule has 3 rings (SSSR count). The van der Waals surface area contributed by atoms with Gasteiger partial charge in [-0.1, -0.05) is 29.5 Å². The van der Waals surface area contributed by atoms with Crippen molar-refractivity contribution in [1.82, 2.24) is 4.57 Å². The van der Waals surface area contributed by atoms with Crippen LogP contribution in [0.3, 0.4) is 0 Å². The lowest BCUT2D eigenvalue weighted by atomic mass is 10.2. The number of para-hydroxylation sites is 1. The maximum Gasteiger partial charge on any atom is 0.283 e. The van der Waals surface area contributed by atoms with Gasteiger partial charge in [0, 0.05) is 12.8 Å². The summed E-state index contributed by atoms with van der Waals surface area (Å²) < 4.78 is 31.4. The Bertz CT molecular complexity index is 1200. The van der Waals surface area contributed by atoms with Gasteiger partial charge < -0.3 is 9.30 Å². The summed E-state index contributed by atoms with van der Waals surface area (Å²) in [5, 5.41) is 0. The quantitative estimate of drug-likeness (QED) is 0.615. The number of hydrogen-bond acceptors (Lipinski definition) is 5. The lowest BCUT2D eigenvalue weighted by Gasteiger charge is -2.04. The molecule has 1 aromatic heterocycles. The summed E-state index contributed by atoms with van der Waals surface area (Å²) in [6.45, 7) is 4.19. The zero-order valence-corrected chi connectivity index (χ0v) is 16.5. The number of hydrogen-bond donors (Lipinski definition) is 0. The van der Waals surface area contributed by atoms with Crippen LogP contribution in [0.15, 0.2) is 65.0 Å². The number of amides is 1. The Balaban J connectivity index is 2.20. The third kappa shape index (κ3) is 3.86. The van der Waals surface area contributed by atoms with Crippen LogP contribution in [0.4, 0.5) is 0 Å². The number of carbonyl (C=O) groups excluding carboxylic acids is 1. The Morgan fingerprint density at radius 3 is 2.70 bits per heavy atom. The van der Waals surface area contributed by atoms with E-state index in [1.807, 2.05) is 4.57 Å². The van der Waals surface area contributed by atoms with E-state index in [1.54, 1.807) is 48.5 Å². The molecule has 2 aromatic carbocycles. The van der Waals surface area contributed by atoms with Crippen LogP contribution in [0.25, 0.3) is 10.2 Å². The van der Waals surface area contributed by atoms with Crippen molar-refractivity contribution in [3.63, 3.8) is 0 Å². The monoisotopic (exact) mass is 402 g/mol. The molecule has 0 saturated carbocycles. The maximum atomic E-state index is 12.7. The third-order valence-corrected chi connectivity index (χ3v) is 6.08. The van der Waals surface area contributed by atoms with Crippen LogP contribution in [0.2, 0.25) is 0 Å². The molecule has 140 valence electrons. The fourth-order valence-electron chi connectivity index (χ4n) is 2.64. The summed E-state index contributed by atoms with van der Waals surface area (Å²) in [5.41, 5.74) is 1.15. The number of ether oxygens (including phenoxy) is 1. The van der Waals surface area contributed by atoms with Crippen LogP contribution in [0.5, 0.6) is 5.75 Å². The molecule has 0 aliphatic heterocycles. The van der Waals surface area contributed by atoms with E-state index >= 15 is 0 Å². The molecule has 0 N–H and O–H groups in total. The van der Waals surface area contributed by atoms with Gasteiger partial charge in [-0.3, -0.25) is 4.79 Å². The van der Waals surface area contributed by atoms with Crippen LogP contribution in [0.1, 0.15) is 10.4 Å². The van der Waals surface area contributed by atoms with Crippen molar-refractivity contribution in [2.24, 2.45) is 4.99 Å². The number of sulfone groups is 1. The molecule has 8 heteroatoms. The molecule has 1 amide bonds. The molecule has 0 spiro atoms. The molecular formula is C19H18N2O4S2. The summed E-state index contributed by atoms with van der Waals surface area (Å²) in [4.78, 5) is 17.6. The number of fused-ring (bicyclic) bond motifs is 1. The van der Waals surface area contributed by atoms with Gasteiger partial charge in [0.05, 0.1) is 27.8 Å². The van der Waals surface area contributed by atoms with E-state index in [9.17, 15) is 13.2 Å². The highest BCUT2D eigenvalue weighted by atomic mass is 32.2. The number of nitrogens with zero attached hydrogens (tertiary/aromatic N) is 2. The zero-order chi connectivity index (χ0) is 19.6. The number of methoxy groups -OCH3 is 1. The van der Waals surface area contributed by atoms with Crippen molar-refractivity contribution in [2.45, 2.75) is 11.4 Å². The molecular weight excluding hydrogens is 384 g/mol. The highest BCUT2D eigenvalue weighted by Crippen LogP contribution is 2.23. The SMILES string of the molecule is C=CCn1c(=NC(=O)c2ccccc2OC)sc2cc(S(C)(=O)=O)ccc21. The maximum absolute atomic E-state index is 12.7. The first-order valence-electron chi connectivity index (χ1n) is 8.01. The van der Waals surface area contributed by atoms with Crippen LogP contribution < -0.4 is 9.54 Å². The minimum Gasteiger partial charge on any atom is -0.496 e. The first kappa shape index (κ1) is 19.1. The molecule has 0 fully saturated rings. The first-order valence-corrected chi connectivity index (χ1v) is 10.7. The smallest absolute Gasteiger partial charge is 0.283 e. The molecule has 0 atom stereocenters. The molecule has 1 heterocycles. The van der Waals surface area contributed by atoms with Crippen molar-refractivity contribution >= 4 is 37.3 Å². The summed E-state index contributed by atoms with van der Waals surface area (Å²) >= 11 is 1.25. The second-order valence-electron chi connectivity index (χ2n) is 5.80. The molecule has 0 radical (unpaired) electrons. The minimum absolute atomic E-state index is 0.226. The zero-order valence-electron chi connectivity index (χ0n) is 14.9. The number of benzene rings is 2. The predicted octanol–water partition coefficient (Wildman–Crippen LogP) is 3.04. The summed E-state index contributed by atoms with van der Waals surface area (Å²) in [6, 6.07) is 11.7. The highest BCUT2D eigenvalue weighted by molar-refractivity contribution is 7.90. The van der Waals surface area contributed by atoms with Gasteiger partial charge in [-0.2, -0.15) is 4.99 Å². The molecule has 6 nitrogen and oxygen atoms in total. The van der Waals surface area contributed by atoms with Crippen molar-refractivity contribution in [1.29, 1.82) is 0 Å². The number of carbonyl (C=O) groups is 1. The molecule has 3 aromatic rings. The topological polar surface area (TPSA) is 77.7 Å². The van der Waals surface area contributed by atoms with Gasteiger partial charge in [0.25, 0.3) is 5.91 Å². The van der Waals surface area contributed by atoms with E-state index < -0.39 is 15.7 Å². The van der Waals surface area contributed by atoms with Crippen molar-refractivity contribution in [3.05, 3.63) is 65.5 Å². The summed E-state index contributed by atoms with van der Waals surface area (Å²) in [7, 11) is -1.83. The van der Waals surface area contributed by atoms with Crippen LogP contribution in [-0.2, 0) is 16.4 Å². The van der Waals surface area contributed by atoms with Gasteiger partial charge in [-0.15, -0.1) is 6.58 Å². The first-order chi connectivity index (χ1) is 12.8. The summed E-state index contributed by atoms with van der Waals surface area (Å²) in [5.74, 6) is 0.0159. The average molecular weight is 402 g/mol. The van der Waals surface area contributed by atoms with Crippen molar-refractivity contribution in [2.75, 3.05) is 13.4 Å². The van der Waals surface area contributed by atoms with Gasteiger partial charge in [-0.05, 0) is 30.3 Å². The Hall–Kier alpha value is -2.71. The third-order valence-electron chi connectivity index (χ3n) is 3.93. The highest BCUT2D eigenvalue weighted by Gasteiger charge is 2.14. The van der Waals surface area contributed by atoms with E-state index in [-0.39, 0.29) is 4.90 Å². The van der Waals surface area contributed by atoms with Crippen molar-refractivity contribution in [3.8, 4) is 5.75 Å². The number of thiazole rings is 1. The van der Waals surface area contributed by atoms with E-state index in [2.05, 4.69) is 11.6 Å². The average Bonchev–Trinajstić information content (AvgIpc) is 2.97. The second kappa shape index (κ2) is 7.50. The van der Waals surface area contributed by atoms with E-state index in [0.29, 0.717) is 22.7 Å². The molecule has 0 aliphatic carbocycles. The Morgan fingerprint density at radius 1 is 1.30 bits per heavy atom. The van der Waals surface area contributed by atoms with Gasteiger partial charge in [-0.25, -0.2) is 8.42 Å². The standard InChI is InChI=1S/C19H18N2O4S2/c1-4-11-21-15-10-9-13(27(3,23)24)12-17(15)26-19(21)20-18(22)14-7-5-6-8-16(14)25-2/h4-10,12H,1,11H2,2-3H3. The van der Waals surface area contributed by atoms with E-state index in [4.69, 9.17) is 4.74 Å². The van der Waals surface area contributed by atoms with Crippen LogP contribution in [0, 0.1) is 0 Å². The number of allylic oxidation sites excluding steroid dienone is 1. The van der Waals surface area contributed by atoms with Crippen molar-refractivity contribution < 1.29 is 17.9 Å². The molecule has 0 bridgehead atoms. The molecule has 0 saturated heterocycles. The number of rotatable bonds is 5. The molecule has 0 unspecified atom stereocenters. The molecule has 0 aliphatic rings. The van der Waals surface area contributed by atoms with E-state index in [0.717, 1.165) is 16.5 Å². The fourth-order valence-corrected chi connectivity index (χ4v) is 4.44. The van der Waals surface area contributed by atoms with Crippen LogP contribution in [-0.4, -0.2) is 32.3 Å². The van der Waals surface area contributed by atoms with E-state index in [1.165, 1.54) is 18.4 Å². The summed E-state index contributed by atoms with van der Waals surface area (Å²) in [6.07, 6.45) is 2.86. The minimum atomic E-state index is -3.32. The normalized spacial score (nSPS) is 12.3. The largest absolute Gasteiger partial charge is 0.496 e. The Morgan fingerprint density at radius 2 is 2.04 bits per heavy atom. The fraction of sp³-hybridized carbons (Fsp3) is 0.158. The van der Waals surface area contributed by atoms with Crippen LogP contribution >= 0.6 is 11.3 Å². The lowest BCUT2D eigenvalue weighted by Crippen LogP contribution is -2.16. The number of aromatic nitrogens is 1. The second-order valence-corrected chi connectivity index (χ2v) is 8.83. The van der Waals surface area contributed by atoms with Gasteiger partial charge in [0.15, 0.2) is 14.6 Å². The predicted molar refractivity (Wildman–Crippen MR) is 106 cm³/mol.